The van der Waals surface area contributed by atoms with Crippen LogP contribution in [0.15, 0.2) is 53.5 Å². The summed E-state index contributed by atoms with van der Waals surface area (Å²) in [4.78, 5) is 19.5. The summed E-state index contributed by atoms with van der Waals surface area (Å²) in [7, 11) is 1.71. The normalized spacial score (nSPS) is 19.1. The van der Waals surface area contributed by atoms with Crippen LogP contribution in [0.2, 0.25) is 5.02 Å². The number of likely N-dealkylation sites (N-methyl/N-ethyl adjacent to an activating group) is 1. The molecule has 4 rings (SSSR count). The number of benzene rings is 2. The standard InChI is InChI=1S/C21H21ClN4O3S/c1-26-16-8-7-14(22)11-15(16)18(13-5-3-2-4-6-13)24-19(20(26)27)25-21(30)23-12-17-28-9-10-29-17/h2-8,11,17,19H,9-10,12H2,1H3,(H2,23,25,30). The van der Waals surface area contributed by atoms with Gasteiger partial charge in [0.2, 0.25) is 6.17 Å². The number of hydrogen-bond acceptors (Lipinski definition) is 5. The lowest BCUT2D eigenvalue weighted by Crippen LogP contribution is -2.50. The Hall–Kier alpha value is -2.52. The van der Waals surface area contributed by atoms with Gasteiger partial charge in [-0.15, -0.1) is 0 Å². The van der Waals surface area contributed by atoms with Gasteiger partial charge >= 0.3 is 0 Å². The SMILES string of the molecule is CN1C(=O)C(NC(=S)NCC2OCCO2)N=C(c2ccccc2)c2cc(Cl)ccc21. The number of halogens is 1. The number of carbonyl (C=O) groups excluding carboxylic acids is 1. The van der Waals surface area contributed by atoms with Crippen LogP contribution >= 0.6 is 23.8 Å². The van der Waals surface area contributed by atoms with E-state index >= 15 is 0 Å². The number of nitrogens with one attached hydrogen (secondary N) is 2. The molecule has 0 saturated carbocycles. The first kappa shape index (κ1) is 20.7. The summed E-state index contributed by atoms with van der Waals surface area (Å²) in [5, 5.41) is 6.89. The molecule has 0 aromatic heterocycles. The van der Waals surface area contributed by atoms with E-state index in [4.69, 9.17) is 38.3 Å². The monoisotopic (exact) mass is 444 g/mol. The van der Waals surface area contributed by atoms with E-state index in [2.05, 4.69) is 10.6 Å². The van der Waals surface area contributed by atoms with E-state index in [-0.39, 0.29) is 12.2 Å². The Kier molecular flexibility index (Phi) is 6.29. The van der Waals surface area contributed by atoms with E-state index in [0.29, 0.717) is 35.6 Å². The second kappa shape index (κ2) is 9.09. The Balaban J connectivity index is 1.64. The summed E-state index contributed by atoms with van der Waals surface area (Å²) in [5.74, 6) is -0.234. The second-order valence-corrected chi connectivity index (χ2v) is 7.68. The van der Waals surface area contributed by atoms with Gasteiger partial charge in [-0.3, -0.25) is 4.79 Å². The molecular weight excluding hydrogens is 424 g/mol. The van der Waals surface area contributed by atoms with Crippen molar-refractivity contribution < 1.29 is 14.3 Å². The van der Waals surface area contributed by atoms with Crippen LogP contribution in [0.1, 0.15) is 11.1 Å². The van der Waals surface area contributed by atoms with Gasteiger partial charge in [0.1, 0.15) is 0 Å². The quantitative estimate of drug-likeness (QED) is 0.705. The third-order valence-electron chi connectivity index (χ3n) is 4.83. The van der Waals surface area contributed by atoms with Crippen molar-refractivity contribution in [3.05, 3.63) is 64.7 Å². The van der Waals surface area contributed by atoms with Crippen molar-refractivity contribution in [2.45, 2.75) is 12.5 Å². The van der Waals surface area contributed by atoms with Crippen molar-refractivity contribution >= 4 is 46.2 Å². The summed E-state index contributed by atoms with van der Waals surface area (Å²) in [6, 6.07) is 15.1. The molecule has 9 heteroatoms. The number of thiocarbonyl (C=S) groups is 1. The van der Waals surface area contributed by atoms with Crippen molar-refractivity contribution in [3.8, 4) is 0 Å². The zero-order chi connectivity index (χ0) is 21.1. The first-order valence-corrected chi connectivity index (χ1v) is 10.3. The Morgan fingerprint density at radius 3 is 2.70 bits per heavy atom. The third kappa shape index (κ3) is 4.46. The molecule has 1 unspecified atom stereocenters. The number of ether oxygens (including phenoxy) is 2. The van der Waals surface area contributed by atoms with Gasteiger partial charge in [-0.05, 0) is 30.4 Å². The predicted molar refractivity (Wildman–Crippen MR) is 120 cm³/mol. The molecule has 1 amide bonds. The number of carbonyl (C=O) groups is 1. The first-order chi connectivity index (χ1) is 14.5. The molecule has 0 bridgehead atoms. The lowest BCUT2D eigenvalue weighted by molar-refractivity contribution is -0.119. The highest BCUT2D eigenvalue weighted by Crippen LogP contribution is 2.29. The molecule has 156 valence electrons. The number of aliphatic imine (C=N–C) groups is 1. The minimum atomic E-state index is -0.901. The second-order valence-electron chi connectivity index (χ2n) is 6.83. The molecule has 2 aromatic carbocycles. The van der Waals surface area contributed by atoms with Crippen LogP contribution in [0, 0.1) is 0 Å². The highest BCUT2D eigenvalue weighted by atomic mass is 35.5. The third-order valence-corrected chi connectivity index (χ3v) is 5.33. The summed E-state index contributed by atoms with van der Waals surface area (Å²) >= 11 is 11.6. The van der Waals surface area contributed by atoms with E-state index in [1.54, 1.807) is 18.0 Å². The average molecular weight is 445 g/mol. The maximum Gasteiger partial charge on any atom is 0.272 e. The molecule has 1 saturated heterocycles. The molecule has 1 atom stereocenters. The molecule has 0 radical (unpaired) electrons. The van der Waals surface area contributed by atoms with Crippen molar-refractivity contribution in [1.29, 1.82) is 0 Å². The number of rotatable bonds is 4. The zero-order valence-electron chi connectivity index (χ0n) is 16.3. The Morgan fingerprint density at radius 2 is 1.97 bits per heavy atom. The maximum atomic E-state index is 13.2. The van der Waals surface area contributed by atoms with E-state index in [1.165, 1.54) is 0 Å². The van der Waals surface area contributed by atoms with Crippen LogP contribution in [0.5, 0.6) is 0 Å². The van der Waals surface area contributed by atoms with Crippen LogP contribution in [-0.2, 0) is 14.3 Å². The molecule has 0 aliphatic carbocycles. The van der Waals surface area contributed by atoms with Gasteiger partial charge in [0.05, 0.1) is 31.2 Å². The van der Waals surface area contributed by atoms with E-state index in [1.807, 2.05) is 42.5 Å². The van der Waals surface area contributed by atoms with Crippen molar-refractivity contribution in [1.82, 2.24) is 10.6 Å². The molecule has 1 fully saturated rings. The number of amides is 1. The van der Waals surface area contributed by atoms with Gasteiger partial charge in [-0.2, -0.15) is 0 Å². The van der Waals surface area contributed by atoms with Crippen molar-refractivity contribution in [3.63, 3.8) is 0 Å². The first-order valence-electron chi connectivity index (χ1n) is 9.51. The molecule has 30 heavy (non-hydrogen) atoms. The van der Waals surface area contributed by atoms with E-state index in [0.717, 1.165) is 16.8 Å². The van der Waals surface area contributed by atoms with E-state index < -0.39 is 6.17 Å². The number of nitrogens with zero attached hydrogens (tertiary/aromatic N) is 2. The van der Waals surface area contributed by atoms with Gasteiger partial charge < -0.3 is 25.0 Å². The van der Waals surface area contributed by atoms with E-state index in [9.17, 15) is 4.79 Å². The lowest BCUT2D eigenvalue weighted by Gasteiger charge is -2.22. The molecule has 0 spiro atoms. The van der Waals surface area contributed by atoms with Crippen LogP contribution in [-0.4, -0.2) is 56.0 Å². The molecule has 2 N–H and O–H groups in total. The molecule has 7 nitrogen and oxygen atoms in total. The Bertz CT molecular complexity index is 979. The average Bonchev–Trinajstić information content (AvgIpc) is 3.25. The Morgan fingerprint density at radius 1 is 1.23 bits per heavy atom. The number of fused-ring (bicyclic) bond motifs is 1. The van der Waals surface area contributed by atoms with Crippen molar-refractivity contribution in [2.24, 2.45) is 4.99 Å². The fourth-order valence-electron chi connectivity index (χ4n) is 3.34. The van der Waals surface area contributed by atoms with Gasteiger partial charge in [0.25, 0.3) is 5.91 Å². The predicted octanol–water partition coefficient (Wildman–Crippen LogP) is 2.32. The highest BCUT2D eigenvalue weighted by molar-refractivity contribution is 7.80. The van der Waals surface area contributed by atoms with Crippen LogP contribution < -0.4 is 15.5 Å². The van der Waals surface area contributed by atoms with Gasteiger partial charge in [0, 0.05) is 23.2 Å². The van der Waals surface area contributed by atoms with Crippen LogP contribution in [0.4, 0.5) is 5.69 Å². The molecule has 2 heterocycles. The molecule has 2 aliphatic heterocycles. The maximum absolute atomic E-state index is 13.2. The summed E-state index contributed by atoms with van der Waals surface area (Å²) < 4.78 is 10.8. The van der Waals surface area contributed by atoms with Gasteiger partial charge in [0.15, 0.2) is 11.4 Å². The van der Waals surface area contributed by atoms with Crippen LogP contribution in [0.3, 0.4) is 0 Å². The lowest BCUT2D eigenvalue weighted by atomic mass is 10.0. The Labute approximate surface area is 185 Å². The fraction of sp³-hybridized carbons (Fsp3) is 0.286. The summed E-state index contributed by atoms with van der Waals surface area (Å²) in [5.41, 5.74) is 3.04. The van der Waals surface area contributed by atoms with Crippen LogP contribution in [0.25, 0.3) is 0 Å². The molecule has 2 aliphatic rings. The smallest absolute Gasteiger partial charge is 0.272 e. The highest BCUT2D eigenvalue weighted by Gasteiger charge is 2.30. The van der Waals surface area contributed by atoms with Gasteiger partial charge in [-0.1, -0.05) is 41.9 Å². The summed E-state index contributed by atoms with van der Waals surface area (Å²) in [6.07, 6.45) is -1.26. The fourth-order valence-corrected chi connectivity index (χ4v) is 3.71. The van der Waals surface area contributed by atoms with Crippen molar-refractivity contribution in [2.75, 3.05) is 31.7 Å². The number of hydrogen-bond donors (Lipinski definition) is 2. The minimum absolute atomic E-state index is 0.234. The number of anilines is 1. The summed E-state index contributed by atoms with van der Waals surface area (Å²) in [6.45, 7) is 1.50. The molecular formula is C21H21ClN4O3S. The van der Waals surface area contributed by atoms with Gasteiger partial charge in [-0.25, -0.2) is 4.99 Å². The zero-order valence-corrected chi connectivity index (χ0v) is 17.9. The number of benzodiazepines with no additional fused rings is 1. The molecule has 2 aromatic rings. The largest absolute Gasteiger partial charge is 0.358 e. The topological polar surface area (TPSA) is 75.2 Å². The minimum Gasteiger partial charge on any atom is -0.358 e.